The van der Waals surface area contributed by atoms with E-state index in [2.05, 4.69) is 88.4 Å². The highest BCUT2D eigenvalue weighted by molar-refractivity contribution is 4.93. The van der Waals surface area contributed by atoms with Crippen LogP contribution in [0.25, 0.3) is 0 Å². The molecule has 0 saturated carbocycles. The van der Waals surface area contributed by atoms with Crippen LogP contribution in [0, 0.1) is 0 Å². The number of rotatable bonds is 30. The van der Waals surface area contributed by atoms with E-state index in [1.54, 1.807) is 0 Å². The molecule has 0 aromatic heterocycles. The van der Waals surface area contributed by atoms with Crippen LogP contribution in [0.2, 0.25) is 0 Å². The first-order valence-electron chi connectivity index (χ1n) is 19.1. The smallest absolute Gasteiger partial charge is 0.179 e. The van der Waals surface area contributed by atoms with Gasteiger partial charge in [-0.15, -0.1) is 0 Å². The number of nitrogens with zero attached hydrogens (tertiary/aromatic N) is 1. The lowest BCUT2D eigenvalue weighted by atomic mass is 9.99. The Morgan fingerprint density at radius 1 is 0.477 bits per heavy atom. The van der Waals surface area contributed by atoms with Gasteiger partial charge in [-0.3, -0.25) is 0 Å². The Kier molecular flexibility index (Phi) is 27.2. The standard InChI is InChI=1S/C41H75NO2/c1-6-8-10-12-14-16-18-20-22-24-26-28-30-32-34-36-39-40(44-41(3,43-39)38-42(4)5)37-35-33-31-29-27-25-23-21-19-17-15-13-11-9-7-2/h14-17,20-23,39-40H,6-13,18-19,24-38H2,1-5H3/b16-14-,17-15-,22-20-,23-21-/t39-,40?,41?/m0/s1. The normalized spacial score (nSPS) is 21.0. The van der Waals surface area contributed by atoms with Crippen LogP contribution in [0.5, 0.6) is 0 Å². The fraction of sp³-hybridized carbons (Fsp3) is 0.805. The molecule has 0 N–H and O–H groups in total. The third-order valence-corrected chi connectivity index (χ3v) is 8.70. The van der Waals surface area contributed by atoms with Crippen molar-refractivity contribution in [2.45, 2.75) is 193 Å². The van der Waals surface area contributed by atoms with Gasteiger partial charge in [-0.1, -0.05) is 140 Å². The maximum atomic E-state index is 6.58. The van der Waals surface area contributed by atoms with E-state index in [0.29, 0.717) is 0 Å². The average Bonchev–Trinajstić information content (AvgIpc) is 3.30. The molecule has 0 radical (unpaired) electrons. The molecule has 1 heterocycles. The minimum Gasteiger partial charge on any atom is -0.343 e. The van der Waals surface area contributed by atoms with Gasteiger partial charge in [0.25, 0.3) is 0 Å². The van der Waals surface area contributed by atoms with E-state index in [4.69, 9.17) is 9.47 Å². The van der Waals surface area contributed by atoms with Crippen LogP contribution in [0.4, 0.5) is 0 Å². The molecule has 3 atom stereocenters. The molecule has 3 nitrogen and oxygen atoms in total. The molecule has 44 heavy (non-hydrogen) atoms. The van der Waals surface area contributed by atoms with Gasteiger partial charge in [0.1, 0.15) is 0 Å². The van der Waals surface area contributed by atoms with E-state index in [9.17, 15) is 0 Å². The first-order chi connectivity index (χ1) is 21.5. The second kappa shape index (κ2) is 29.3. The monoisotopic (exact) mass is 614 g/mol. The summed E-state index contributed by atoms with van der Waals surface area (Å²) in [5.74, 6) is -0.465. The van der Waals surface area contributed by atoms with Gasteiger partial charge in [-0.25, -0.2) is 0 Å². The Hall–Kier alpha value is -1.16. The van der Waals surface area contributed by atoms with Crippen molar-refractivity contribution in [1.29, 1.82) is 0 Å². The van der Waals surface area contributed by atoms with Crippen molar-refractivity contribution < 1.29 is 9.47 Å². The molecular weight excluding hydrogens is 538 g/mol. The fourth-order valence-corrected chi connectivity index (χ4v) is 6.27. The van der Waals surface area contributed by atoms with Crippen LogP contribution in [-0.4, -0.2) is 43.5 Å². The van der Waals surface area contributed by atoms with Crippen LogP contribution in [0.3, 0.4) is 0 Å². The molecule has 1 saturated heterocycles. The van der Waals surface area contributed by atoms with E-state index in [1.165, 1.54) is 128 Å². The molecule has 256 valence electrons. The maximum Gasteiger partial charge on any atom is 0.179 e. The summed E-state index contributed by atoms with van der Waals surface area (Å²) in [7, 11) is 4.22. The summed E-state index contributed by atoms with van der Waals surface area (Å²) in [6.07, 6.45) is 49.8. The lowest BCUT2D eigenvalue weighted by Crippen LogP contribution is -2.39. The number of ether oxygens (including phenoxy) is 2. The second-order valence-electron chi connectivity index (χ2n) is 13.7. The predicted molar refractivity (Wildman–Crippen MR) is 195 cm³/mol. The van der Waals surface area contributed by atoms with Crippen molar-refractivity contribution in [2.75, 3.05) is 20.6 Å². The molecule has 1 aliphatic heterocycles. The summed E-state index contributed by atoms with van der Waals surface area (Å²) >= 11 is 0. The van der Waals surface area contributed by atoms with E-state index in [1.807, 2.05) is 0 Å². The zero-order chi connectivity index (χ0) is 32.0. The highest BCUT2D eigenvalue weighted by atomic mass is 16.8. The van der Waals surface area contributed by atoms with Crippen molar-refractivity contribution in [1.82, 2.24) is 4.90 Å². The minimum atomic E-state index is -0.465. The van der Waals surface area contributed by atoms with Crippen LogP contribution >= 0.6 is 0 Å². The van der Waals surface area contributed by atoms with E-state index in [-0.39, 0.29) is 12.2 Å². The lowest BCUT2D eigenvalue weighted by Gasteiger charge is -2.27. The summed E-state index contributed by atoms with van der Waals surface area (Å²) in [6, 6.07) is 0. The zero-order valence-electron chi connectivity index (χ0n) is 30.2. The molecular formula is C41H75NO2. The minimum absolute atomic E-state index is 0.253. The van der Waals surface area contributed by atoms with Crippen molar-refractivity contribution in [3.05, 3.63) is 48.6 Å². The third kappa shape index (κ3) is 24.1. The van der Waals surface area contributed by atoms with Gasteiger partial charge in [-0.2, -0.15) is 0 Å². The van der Waals surface area contributed by atoms with Gasteiger partial charge >= 0.3 is 0 Å². The molecule has 0 amide bonds. The van der Waals surface area contributed by atoms with Crippen molar-refractivity contribution >= 4 is 0 Å². The average molecular weight is 614 g/mol. The number of hydrogen-bond donors (Lipinski definition) is 0. The van der Waals surface area contributed by atoms with Gasteiger partial charge in [0, 0.05) is 0 Å². The molecule has 1 rings (SSSR count). The Labute approximate surface area is 276 Å². The first kappa shape index (κ1) is 40.9. The number of likely N-dealkylation sites (N-methyl/N-ethyl adjacent to an activating group) is 1. The molecule has 0 spiro atoms. The summed E-state index contributed by atoms with van der Waals surface area (Å²) in [5.41, 5.74) is 0. The fourth-order valence-electron chi connectivity index (χ4n) is 6.27. The summed E-state index contributed by atoms with van der Waals surface area (Å²) in [4.78, 5) is 2.19. The molecule has 0 aliphatic carbocycles. The second-order valence-corrected chi connectivity index (χ2v) is 13.7. The van der Waals surface area contributed by atoms with Crippen LogP contribution in [0.15, 0.2) is 48.6 Å². The summed E-state index contributed by atoms with van der Waals surface area (Å²) in [6.45, 7) is 7.50. The number of allylic oxidation sites excluding steroid dienone is 8. The third-order valence-electron chi connectivity index (χ3n) is 8.70. The molecule has 3 heteroatoms. The molecule has 0 aromatic rings. The van der Waals surface area contributed by atoms with Crippen molar-refractivity contribution in [3.63, 3.8) is 0 Å². The molecule has 2 unspecified atom stereocenters. The molecule has 0 bridgehead atoms. The Bertz CT molecular complexity index is 683. The van der Waals surface area contributed by atoms with Crippen LogP contribution < -0.4 is 0 Å². The van der Waals surface area contributed by atoms with Crippen molar-refractivity contribution in [2.24, 2.45) is 0 Å². The van der Waals surface area contributed by atoms with E-state index < -0.39 is 5.79 Å². The molecule has 0 aromatic carbocycles. The Balaban J connectivity index is 2.16. The number of hydrogen-bond acceptors (Lipinski definition) is 3. The largest absolute Gasteiger partial charge is 0.343 e. The highest BCUT2D eigenvalue weighted by Crippen LogP contribution is 2.34. The van der Waals surface area contributed by atoms with Crippen molar-refractivity contribution in [3.8, 4) is 0 Å². The highest BCUT2D eigenvalue weighted by Gasteiger charge is 2.43. The van der Waals surface area contributed by atoms with Gasteiger partial charge in [-0.05, 0) is 98.1 Å². The van der Waals surface area contributed by atoms with Crippen LogP contribution in [-0.2, 0) is 9.47 Å². The number of unbranched alkanes of at least 4 members (excludes halogenated alkanes) is 16. The topological polar surface area (TPSA) is 21.7 Å². The van der Waals surface area contributed by atoms with Gasteiger partial charge in [0.05, 0.1) is 18.8 Å². The zero-order valence-corrected chi connectivity index (χ0v) is 30.2. The predicted octanol–water partition coefficient (Wildman–Crippen LogP) is 12.7. The van der Waals surface area contributed by atoms with Gasteiger partial charge in [0.2, 0.25) is 0 Å². The summed E-state index contributed by atoms with van der Waals surface area (Å²) < 4.78 is 13.2. The first-order valence-corrected chi connectivity index (χ1v) is 19.1. The quantitative estimate of drug-likeness (QED) is 0.0594. The van der Waals surface area contributed by atoms with E-state index >= 15 is 0 Å². The molecule has 1 fully saturated rings. The van der Waals surface area contributed by atoms with Gasteiger partial charge < -0.3 is 14.4 Å². The lowest BCUT2D eigenvalue weighted by molar-refractivity contribution is -0.170. The SMILES string of the molecule is CCCCC/C=C\C/C=C\CCCCCCCC1OC(C)(CN(C)C)O[C@H]1CCCCCCC/C=C\C/C=C\CCCCC. The van der Waals surface area contributed by atoms with Gasteiger partial charge in [0.15, 0.2) is 5.79 Å². The van der Waals surface area contributed by atoms with Crippen LogP contribution in [0.1, 0.15) is 175 Å². The van der Waals surface area contributed by atoms with E-state index in [0.717, 1.165) is 32.2 Å². The molecule has 1 aliphatic rings. The summed E-state index contributed by atoms with van der Waals surface area (Å²) in [5, 5.41) is 0. The Morgan fingerprint density at radius 2 is 0.818 bits per heavy atom. The Morgan fingerprint density at radius 3 is 1.18 bits per heavy atom. The maximum absolute atomic E-state index is 6.58.